The lowest BCUT2D eigenvalue weighted by Crippen LogP contribution is -2.34. The van der Waals surface area contributed by atoms with Gasteiger partial charge in [-0.3, -0.25) is 9.67 Å². The molecule has 2 atom stereocenters. The summed E-state index contributed by atoms with van der Waals surface area (Å²) in [4.78, 5) is 4.11. The van der Waals surface area contributed by atoms with E-state index in [4.69, 9.17) is 49.6 Å². The van der Waals surface area contributed by atoms with E-state index < -0.39 is 5.79 Å². The number of rotatable bonds is 7. The van der Waals surface area contributed by atoms with Crippen molar-refractivity contribution in [3.63, 3.8) is 0 Å². The number of hydrogen-bond donors (Lipinski definition) is 1. The molecule has 0 aliphatic carbocycles. The third-order valence-electron chi connectivity index (χ3n) is 5.23. The van der Waals surface area contributed by atoms with Crippen molar-refractivity contribution in [2.75, 3.05) is 13.2 Å². The van der Waals surface area contributed by atoms with Crippen molar-refractivity contribution in [1.29, 1.82) is 0 Å². The molecule has 170 valence electrons. The fraction of sp³-hybridized carbons (Fsp3) is 0.227. The summed E-state index contributed by atoms with van der Waals surface area (Å²) in [5, 5.41) is 7.70. The Hall–Kier alpha value is -2.69. The number of hydrogen-bond acceptors (Lipinski definition) is 6. The molecule has 4 aromatic rings. The molecule has 8 nitrogen and oxygen atoms in total. The van der Waals surface area contributed by atoms with Gasteiger partial charge in [0.1, 0.15) is 24.8 Å². The van der Waals surface area contributed by atoms with Crippen LogP contribution in [0.3, 0.4) is 0 Å². The van der Waals surface area contributed by atoms with Gasteiger partial charge in [0.25, 0.3) is 0 Å². The smallest absolute Gasteiger partial charge is 0.215 e. The minimum absolute atomic E-state index is 0.289. The van der Waals surface area contributed by atoms with Crippen molar-refractivity contribution in [2.24, 2.45) is 0 Å². The zero-order valence-electron chi connectivity index (χ0n) is 17.2. The normalized spacial score (nSPS) is 20.2. The number of nitrogens with one attached hydrogen (secondary N) is 1. The molecule has 3 heterocycles. The predicted molar refractivity (Wildman–Crippen MR) is 125 cm³/mol. The molecule has 1 N–H and O–H groups in total. The highest BCUT2D eigenvalue weighted by atomic mass is 35.5. The zero-order chi connectivity index (χ0) is 22.8. The second-order valence-electron chi connectivity index (χ2n) is 7.50. The van der Waals surface area contributed by atoms with Crippen LogP contribution in [0, 0.1) is 4.77 Å². The quantitative estimate of drug-likeness (QED) is 0.365. The van der Waals surface area contributed by atoms with Gasteiger partial charge in [-0.1, -0.05) is 35.3 Å². The van der Waals surface area contributed by atoms with E-state index in [0.717, 1.165) is 5.69 Å². The fourth-order valence-electron chi connectivity index (χ4n) is 3.72. The van der Waals surface area contributed by atoms with Crippen LogP contribution < -0.4 is 4.74 Å². The highest BCUT2D eigenvalue weighted by molar-refractivity contribution is 7.71. The Morgan fingerprint density at radius 1 is 1.21 bits per heavy atom. The highest BCUT2D eigenvalue weighted by Gasteiger charge is 2.45. The summed E-state index contributed by atoms with van der Waals surface area (Å²) in [7, 11) is 0. The molecule has 2 aromatic carbocycles. The summed E-state index contributed by atoms with van der Waals surface area (Å²) >= 11 is 17.9. The van der Waals surface area contributed by atoms with Gasteiger partial charge < -0.3 is 18.8 Å². The molecular weight excluding hydrogens is 485 g/mol. The highest BCUT2D eigenvalue weighted by Crippen LogP contribution is 2.40. The molecule has 0 saturated carbocycles. The molecule has 33 heavy (non-hydrogen) atoms. The van der Waals surface area contributed by atoms with Crippen LogP contribution in [0.2, 0.25) is 10.0 Å². The van der Waals surface area contributed by atoms with Crippen LogP contribution in [-0.2, 0) is 21.8 Å². The van der Waals surface area contributed by atoms with Crippen molar-refractivity contribution in [3.05, 3.63) is 87.9 Å². The number of ether oxygens (including phenoxy) is 3. The van der Waals surface area contributed by atoms with E-state index in [0.29, 0.717) is 39.3 Å². The Kier molecular flexibility index (Phi) is 6.22. The Morgan fingerprint density at radius 3 is 2.88 bits per heavy atom. The van der Waals surface area contributed by atoms with E-state index >= 15 is 0 Å². The molecule has 2 aromatic heterocycles. The monoisotopic (exact) mass is 503 g/mol. The zero-order valence-corrected chi connectivity index (χ0v) is 19.6. The molecule has 1 saturated heterocycles. The van der Waals surface area contributed by atoms with Crippen molar-refractivity contribution in [3.8, 4) is 11.4 Å². The Balaban J connectivity index is 1.34. The Bertz CT molecular complexity index is 1310. The average Bonchev–Trinajstić information content (AvgIpc) is 3.55. The van der Waals surface area contributed by atoms with Gasteiger partial charge in [0.15, 0.2) is 4.77 Å². The maximum Gasteiger partial charge on any atom is 0.215 e. The number of aromatic amines is 1. The molecule has 1 fully saturated rings. The van der Waals surface area contributed by atoms with Crippen LogP contribution in [0.15, 0.2) is 67.5 Å². The van der Waals surface area contributed by atoms with Crippen LogP contribution in [0.1, 0.15) is 5.56 Å². The van der Waals surface area contributed by atoms with Crippen molar-refractivity contribution in [1.82, 2.24) is 24.3 Å². The van der Waals surface area contributed by atoms with Crippen LogP contribution in [0.25, 0.3) is 5.69 Å². The summed E-state index contributed by atoms with van der Waals surface area (Å²) in [5.41, 5.74) is 1.54. The lowest BCUT2D eigenvalue weighted by Gasteiger charge is -2.30. The van der Waals surface area contributed by atoms with Gasteiger partial charge in [0, 0.05) is 29.0 Å². The van der Waals surface area contributed by atoms with Gasteiger partial charge in [-0.25, -0.2) is 4.98 Å². The molecule has 0 bridgehead atoms. The third-order valence-corrected chi connectivity index (χ3v) is 6.07. The molecule has 1 aliphatic heterocycles. The van der Waals surface area contributed by atoms with Crippen LogP contribution in [0.4, 0.5) is 0 Å². The lowest BCUT2D eigenvalue weighted by molar-refractivity contribution is -0.189. The largest absolute Gasteiger partial charge is 0.491 e. The molecular formula is C22H19Cl2N5O3S. The number of nitrogens with zero attached hydrogens (tertiary/aromatic N) is 4. The number of imidazole rings is 1. The van der Waals surface area contributed by atoms with E-state index in [9.17, 15) is 0 Å². The molecule has 0 spiro atoms. The Morgan fingerprint density at radius 2 is 2.12 bits per heavy atom. The number of halogens is 2. The maximum atomic E-state index is 6.52. The predicted octanol–water partition coefficient (Wildman–Crippen LogP) is 4.78. The minimum atomic E-state index is -1.10. The molecule has 2 unspecified atom stereocenters. The standard InChI is InChI=1S/C22H19Cl2N5O3S/c23-15-4-5-19(20(24)8-15)22(12-28-7-6-25-13-28)31-11-18(32-22)10-30-17-3-1-2-16(9-17)29-14-26-27-21(29)33/h1-9,13-14,18H,10-12H2,(H,27,33). The van der Waals surface area contributed by atoms with Gasteiger partial charge in [-0.15, -0.1) is 0 Å². The third kappa shape index (κ3) is 4.68. The lowest BCUT2D eigenvalue weighted by atomic mass is 10.1. The minimum Gasteiger partial charge on any atom is -0.491 e. The van der Waals surface area contributed by atoms with E-state index in [1.807, 2.05) is 41.1 Å². The van der Waals surface area contributed by atoms with Crippen LogP contribution in [0.5, 0.6) is 5.75 Å². The summed E-state index contributed by atoms with van der Waals surface area (Å²) in [6, 6.07) is 12.8. The van der Waals surface area contributed by atoms with Crippen molar-refractivity contribution >= 4 is 35.4 Å². The van der Waals surface area contributed by atoms with Gasteiger partial charge in [0.05, 0.1) is 30.2 Å². The fourth-order valence-corrected chi connectivity index (χ4v) is 4.48. The summed E-state index contributed by atoms with van der Waals surface area (Å²) in [6.07, 6.45) is 6.55. The van der Waals surface area contributed by atoms with Gasteiger partial charge in [-0.2, -0.15) is 5.10 Å². The van der Waals surface area contributed by atoms with Crippen LogP contribution in [-0.4, -0.2) is 43.6 Å². The topological polar surface area (TPSA) is 79.1 Å². The maximum absolute atomic E-state index is 6.52. The van der Waals surface area contributed by atoms with E-state index in [2.05, 4.69) is 15.2 Å². The second-order valence-corrected chi connectivity index (χ2v) is 8.73. The number of benzene rings is 2. The summed E-state index contributed by atoms with van der Waals surface area (Å²) in [5.74, 6) is -0.418. The van der Waals surface area contributed by atoms with Gasteiger partial charge >= 0.3 is 0 Å². The molecule has 0 radical (unpaired) electrons. The van der Waals surface area contributed by atoms with E-state index in [1.54, 1.807) is 35.6 Å². The Labute approximate surface area is 204 Å². The molecule has 0 amide bonds. The first-order valence-electron chi connectivity index (χ1n) is 10.1. The number of aromatic nitrogens is 5. The van der Waals surface area contributed by atoms with E-state index in [-0.39, 0.29) is 12.7 Å². The first-order chi connectivity index (χ1) is 16.0. The van der Waals surface area contributed by atoms with Crippen LogP contribution >= 0.6 is 35.4 Å². The van der Waals surface area contributed by atoms with Gasteiger partial charge in [-0.05, 0) is 36.5 Å². The first kappa shape index (κ1) is 22.1. The molecule has 5 rings (SSSR count). The average molecular weight is 504 g/mol. The second kappa shape index (κ2) is 9.28. The molecule has 1 aliphatic rings. The number of H-pyrrole nitrogens is 1. The SMILES string of the molecule is S=c1[nH]ncn1-c1cccc(OCC2COC(Cn3ccnc3)(c3ccc(Cl)cc3Cl)O2)c1. The van der Waals surface area contributed by atoms with Crippen molar-refractivity contribution < 1.29 is 14.2 Å². The van der Waals surface area contributed by atoms with Gasteiger partial charge in [0.2, 0.25) is 5.79 Å². The van der Waals surface area contributed by atoms with E-state index in [1.165, 1.54) is 0 Å². The summed E-state index contributed by atoms with van der Waals surface area (Å²) in [6.45, 7) is 0.996. The molecule has 11 heteroatoms. The van der Waals surface area contributed by atoms with Crippen molar-refractivity contribution in [2.45, 2.75) is 18.4 Å². The first-order valence-corrected chi connectivity index (χ1v) is 11.3. The summed E-state index contributed by atoms with van der Waals surface area (Å²) < 4.78 is 22.8.